The molecule has 0 aliphatic heterocycles. The maximum atomic E-state index is 12.3. The van der Waals surface area contributed by atoms with Crippen LogP contribution in [0.3, 0.4) is 0 Å². The fourth-order valence-electron chi connectivity index (χ4n) is 1.86. The van der Waals surface area contributed by atoms with Gasteiger partial charge >= 0.3 is 12.1 Å². The van der Waals surface area contributed by atoms with Crippen LogP contribution in [0.5, 0.6) is 5.88 Å². The SMILES string of the molecule is CCOC(=O)c1ccc(NCc2cccnc2OCC(F)(F)F)nc1. The third kappa shape index (κ3) is 5.94. The summed E-state index contributed by atoms with van der Waals surface area (Å²) in [6, 6.07) is 6.30. The third-order valence-corrected chi connectivity index (χ3v) is 2.96. The predicted octanol–water partition coefficient (Wildman–Crippen LogP) is 3.21. The molecule has 6 nitrogen and oxygen atoms in total. The highest BCUT2D eigenvalue weighted by Crippen LogP contribution is 2.20. The van der Waals surface area contributed by atoms with E-state index in [-0.39, 0.29) is 19.0 Å². The van der Waals surface area contributed by atoms with Gasteiger partial charge in [0, 0.05) is 24.5 Å². The molecule has 0 spiro atoms. The summed E-state index contributed by atoms with van der Waals surface area (Å²) in [5, 5.41) is 2.93. The summed E-state index contributed by atoms with van der Waals surface area (Å²) in [5.74, 6) is -0.134. The second-order valence-electron chi connectivity index (χ2n) is 4.88. The zero-order valence-corrected chi connectivity index (χ0v) is 13.3. The van der Waals surface area contributed by atoms with E-state index in [0.29, 0.717) is 16.9 Å². The molecule has 0 amide bonds. The summed E-state index contributed by atoms with van der Waals surface area (Å²) in [4.78, 5) is 19.4. The van der Waals surface area contributed by atoms with Crippen molar-refractivity contribution in [3.8, 4) is 5.88 Å². The maximum absolute atomic E-state index is 12.3. The first-order valence-corrected chi connectivity index (χ1v) is 7.39. The average molecular weight is 355 g/mol. The Bertz CT molecular complexity index is 706. The fraction of sp³-hybridized carbons (Fsp3) is 0.312. The Morgan fingerprint density at radius 2 is 2.04 bits per heavy atom. The van der Waals surface area contributed by atoms with Crippen molar-refractivity contribution in [2.24, 2.45) is 0 Å². The number of rotatable bonds is 7. The molecule has 2 aromatic heterocycles. The van der Waals surface area contributed by atoms with Gasteiger partial charge in [-0.3, -0.25) is 0 Å². The molecule has 0 aromatic carbocycles. The van der Waals surface area contributed by atoms with Crippen LogP contribution in [0.15, 0.2) is 36.7 Å². The van der Waals surface area contributed by atoms with Crippen LogP contribution in [-0.4, -0.2) is 35.3 Å². The number of pyridine rings is 2. The molecule has 0 aliphatic carbocycles. The number of halogens is 3. The normalized spacial score (nSPS) is 11.0. The minimum absolute atomic E-state index is 0.101. The summed E-state index contributed by atoms with van der Waals surface area (Å²) in [7, 11) is 0. The van der Waals surface area contributed by atoms with Crippen LogP contribution in [0.25, 0.3) is 0 Å². The van der Waals surface area contributed by atoms with Crippen LogP contribution < -0.4 is 10.1 Å². The van der Waals surface area contributed by atoms with Crippen LogP contribution in [0, 0.1) is 0 Å². The van der Waals surface area contributed by atoms with Crippen LogP contribution in [0.4, 0.5) is 19.0 Å². The zero-order valence-electron chi connectivity index (χ0n) is 13.3. The summed E-state index contributed by atoms with van der Waals surface area (Å²) >= 11 is 0. The second kappa shape index (κ2) is 8.32. The van der Waals surface area contributed by atoms with E-state index in [4.69, 9.17) is 9.47 Å². The predicted molar refractivity (Wildman–Crippen MR) is 83.3 cm³/mol. The summed E-state index contributed by atoms with van der Waals surface area (Å²) in [5.41, 5.74) is 0.756. The van der Waals surface area contributed by atoms with Gasteiger partial charge in [0.2, 0.25) is 5.88 Å². The van der Waals surface area contributed by atoms with Crippen LogP contribution >= 0.6 is 0 Å². The number of carbonyl (C=O) groups is 1. The molecule has 0 radical (unpaired) electrons. The van der Waals surface area contributed by atoms with E-state index < -0.39 is 18.8 Å². The molecule has 0 aliphatic rings. The molecule has 0 saturated heterocycles. The first-order valence-electron chi connectivity index (χ1n) is 7.39. The Labute approximate surface area is 142 Å². The monoisotopic (exact) mass is 355 g/mol. The van der Waals surface area contributed by atoms with Gasteiger partial charge in [-0.1, -0.05) is 6.07 Å². The molecular weight excluding hydrogens is 339 g/mol. The number of ether oxygens (including phenoxy) is 2. The smallest absolute Gasteiger partial charge is 0.422 e. The summed E-state index contributed by atoms with van der Waals surface area (Å²) in [6.07, 6.45) is -1.74. The number of nitrogens with zero attached hydrogens (tertiary/aromatic N) is 2. The van der Waals surface area contributed by atoms with E-state index in [1.54, 1.807) is 25.1 Å². The molecule has 9 heteroatoms. The second-order valence-corrected chi connectivity index (χ2v) is 4.88. The topological polar surface area (TPSA) is 73.3 Å². The van der Waals surface area contributed by atoms with E-state index in [9.17, 15) is 18.0 Å². The zero-order chi connectivity index (χ0) is 18.3. The van der Waals surface area contributed by atoms with Crippen LogP contribution in [-0.2, 0) is 11.3 Å². The number of anilines is 1. The van der Waals surface area contributed by atoms with E-state index in [2.05, 4.69) is 15.3 Å². The van der Waals surface area contributed by atoms with Crippen molar-refractivity contribution in [2.75, 3.05) is 18.5 Å². The molecule has 2 heterocycles. The van der Waals surface area contributed by atoms with Gasteiger partial charge in [0.1, 0.15) is 5.82 Å². The lowest BCUT2D eigenvalue weighted by Gasteiger charge is -2.12. The Morgan fingerprint density at radius 3 is 2.68 bits per heavy atom. The van der Waals surface area contributed by atoms with Gasteiger partial charge < -0.3 is 14.8 Å². The van der Waals surface area contributed by atoms with Crippen molar-refractivity contribution in [2.45, 2.75) is 19.6 Å². The fourth-order valence-corrected chi connectivity index (χ4v) is 1.86. The summed E-state index contributed by atoms with van der Waals surface area (Å²) < 4.78 is 46.4. The highest BCUT2D eigenvalue weighted by atomic mass is 19.4. The first-order chi connectivity index (χ1) is 11.9. The van der Waals surface area contributed by atoms with E-state index in [0.717, 1.165) is 0 Å². The standard InChI is InChI=1S/C16H16F3N3O3/c1-2-24-15(23)12-5-6-13(22-9-12)21-8-11-4-3-7-20-14(11)25-10-16(17,18)19/h3-7,9H,2,8,10H2,1H3,(H,21,22). The lowest BCUT2D eigenvalue weighted by Crippen LogP contribution is -2.20. The molecule has 2 rings (SSSR count). The molecule has 25 heavy (non-hydrogen) atoms. The van der Waals surface area contributed by atoms with Gasteiger partial charge in [-0.05, 0) is 25.1 Å². The van der Waals surface area contributed by atoms with Gasteiger partial charge in [-0.25, -0.2) is 14.8 Å². The van der Waals surface area contributed by atoms with Crippen molar-refractivity contribution in [1.82, 2.24) is 9.97 Å². The number of carbonyl (C=O) groups excluding carboxylic acids is 1. The number of hydrogen-bond donors (Lipinski definition) is 1. The molecule has 0 unspecified atom stereocenters. The minimum atomic E-state index is -4.44. The van der Waals surface area contributed by atoms with Crippen LogP contribution in [0.2, 0.25) is 0 Å². The summed E-state index contributed by atoms with van der Waals surface area (Å²) in [6.45, 7) is 0.713. The molecule has 0 bridgehead atoms. The Morgan fingerprint density at radius 1 is 1.24 bits per heavy atom. The number of hydrogen-bond acceptors (Lipinski definition) is 6. The van der Waals surface area contributed by atoms with Crippen molar-refractivity contribution in [1.29, 1.82) is 0 Å². The molecular formula is C16H16F3N3O3. The quantitative estimate of drug-likeness (QED) is 0.769. The first kappa shape index (κ1) is 18.5. The van der Waals surface area contributed by atoms with E-state index in [1.807, 2.05) is 0 Å². The number of aromatic nitrogens is 2. The van der Waals surface area contributed by atoms with Gasteiger partial charge in [-0.15, -0.1) is 0 Å². The lowest BCUT2D eigenvalue weighted by molar-refractivity contribution is -0.154. The van der Waals surface area contributed by atoms with Gasteiger partial charge in [0.15, 0.2) is 6.61 Å². The third-order valence-electron chi connectivity index (χ3n) is 2.96. The van der Waals surface area contributed by atoms with Crippen molar-refractivity contribution < 1.29 is 27.4 Å². The Kier molecular flexibility index (Phi) is 6.15. The Balaban J connectivity index is 1.98. The van der Waals surface area contributed by atoms with Gasteiger partial charge in [0.25, 0.3) is 0 Å². The molecule has 0 fully saturated rings. The molecule has 134 valence electrons. The molecule has 0 saturated carbocycles. The average Bonchev–Trinajstić information content (AvgIpc) is 2.59. The van der Waals surface area contributed by atoms with Crippen molar-refractivity contribution in [3.05, 3.63) is 47.8 Å². The molecule has 0 atom stereocenters. The lowest BCUT2D eigenvalue weighted by atomic mass is 10.2. The number of esters is 1. The number of alkyl halides is 3. The maximum Gasteiger partial charge on any atom is 0.422 e. The van der Waals surface area contributed by atoms with Gasteiger partial charge in [0.05, 0.1) is 12.2 Å². The van der Waals surface area contributed by atoms with Crippen LogP contribution in [0.1, 0.15) is 22.8 Å². The molecule has 2 aromatic rings. The van der Waals surface area contributed by atoms with E-state index >= 15 is 0 Å². The molecule has 1 N–H and O–H groups in total. The van der Waals surface area contributed by atoms with Crippen molar-refractivity contribution in [3.63, 3.8) is 0 Å². The number of nitrogens with one attached hydrogen (secondary N) is 1. The highest BCUT2D eigenvalue weighted by molar-refractivity contribution is 5.89. The van der Waals surface area contributed by atoms with Gasteiger partial charge in [-0.2, -0.15) is 13.2 Å². The largest absolute Gasteiger partial charge is 0.468 e. The highest BCUT2D eigenvalue weighted by Gasteiger charge is 2.29. The Hall–Kier alpha value is -2.84. The minimum Gasteiger partial charge on any atom is -0.468 e. The van der Waals surface area contributed by atoms with E-state index in [1.165, 1.54) is 18.5 Å². The van der Waals surface area contributed by atoms with Crippen molar-refractivity contribution >= 4 is 11.8 Å².